The summed E-state index contributed by atoms with van der Waals surface area (Å²) in [4.78, 5) is 26.7. The topological polar surface area (TPSA) is 74.6 Å². The van der Waals surface area contributed by atoms with E-state index in [0.29, 0.717) is 13.1 Å². The van der Waals surface area contributed by atoms with E-state index in [1.54, 1.807) is 6.26 Å². The second kappa shape index (κ2) is 8.86. The Morgan fingerprint density at radius 3 is 2.48 bits per heavy atom. The number of carbonyl (C=O) groups excluding carboxylic acids is 2. The maximum atomic E-state index is 12.3. The predicted molar refractivity (Wildman–Crippen MR) is 104 cm³/mol. The third-order valence-electron chi connectivity index (χ3n) is 4.85. The molecule has 0 unspecified atom stereocenters. The van der Waals surface area contributed by atoms with Gasteiger partial charge in [0.05, 0.1) is 19.4 Å². The Hall–Kier alpha value is -2.60. The van der Waals surface area contributed by atoms with Crippen molar-refractivity contribution >= 4 is 17.5 Å². The fourth-order valence-electron chi connectivity index (χ4n) is 3.54. The Labute approximate surface area is 159 Å². The molecule has 0 aliphatic carbocycles. The monoisotopic (exact) mass is 369 g/mol. The van der Waals surface area contributed by atoms with Crippen molar-refractivity contribution in [3.63, 3.8) is 0 Å². The third-order valence-corrected chi connectivity index (χ3v) is 4.85. The van der Waals surface area contributed by atoms with Crippen LogP contribution in [-0.2, 0) is 16.1 Å². The van der Waals surface area contributed by atoms with E-state index in [1.807, 2.05) is 38.1 Å². The number of hydrogen-bond donors (Lipinski definition) is 2. The summed E-state index contributed by atoms with van der Waals surface area (Å²) in [6, 6.07) is 9.68. The number of amides is 2. The number of rotatable bonds is 6. The number of likely N-dealkylation sites (tertiary alicyclic amines) is 1. The first-order valence-electron chi connectivity index (χ1n) is 9.40. The highest BCUT2D eigenvalue weighted by atomic mass is 16.3. The molecule has 1 aromatic carbocycles. The van der Waals surface area contributed by atoms with E-state index in [2.05, 4.69) is 21.6 Å². The van der Waals surface area contributed by atoms with Crippen LogP contribution in [-0.4, -0.2) is 36.3 Å². The standard InChI is InChI=1S/C21H27N3O3/c1-15-10-16(2)12-18(11-15)23-20(25)14-24-7-5-17(6-8-24)21(26)22-13-19-4-3-9-27-19/h3-4,9-12,17H,5-8,13-14H2,1-2H3,(H,22,26)(H,23,25). The first-order valence-corrected chi connectivity index (χ1v) is 9.40. The van der Waals surface area contributed by atoms with Crippen molar-refractivity contribution in [2.24, 2.45) is 5.92 Å². The van der Waals surface area contributed by atoms with Crippen LogP contribution in [0.5, 0.6) is 0 Å². The van der Waals surface area contributed by atoms with Gasteiger partial charge in [0.2, 0.25) is 11.8 Å². The molecule has 0 atom stereocenters. The molecule has 1 aromatic heterocycles. The molecular weight excluding hydrogens is 342 g/mol. The zero-order valence-corrected chi connectivity index (χ0v) is 16.0. The van der Waals surface area contributed by atoms with Crippen molar-refractivity contribution in [1.29, 1.82) is 0 Å². The molecule has 1 aliphatic rings. The van der Waals surface area contributed by atoms with E-state index >= 15 is 0 Å². The number of hydrogen-bond acceptors (Lipinski definition) is 4. The average molecular weight is 369 g/mol. The van der Waals surface area contributed by atoms with Gasteiger partial charge in [0.15, 0.2) is 0 Å². The Balaban J connectivity index is 1.40. The summed E-state index contributed by atoms with van der Waals surface area (Å²) in [5, 5.41) is 5.89. The Bertz CT molecular complexity index is 758. The molecule has 2 amide bonds. The minimum absolute atomic E-state index is 0.00121. The van der Waals surface area contributed by atoms with Crippen LogP contribution < -0.4 is 10.6 Å². The van der Waals surface area contributed by atoms with Crippen LogP contribution in [0.2, 0.25) is 0 Å². The molecule has 0 bridgehead atoms. The average Bonchev–Trinajstić information content (AvgIpc) is 3.13. The van der Waals surface area contributed by atoms with Gasteiger partial charge >= 0.3 is 0 Å². The van der Waals surface area contributed by atoms with Crippen LogP contribution in [0.3, 0.4) is 0 Å². The largest absolute Gasteiger partial charge is 0.467 e. The Kier molecular flexibility index (Phi) is 6.29. The van der Waals surface area contributed by atoms with Crippen LogP contribution in [0.15, 0.2) is 41.0 Å². The van der Waals surface area contributed by atoms with Gasteiger partial charge < -0.3 is 15.1 Å². The summed E-state index contributed by atoms with van der Waals surface area (Å²) in [5.74, 6) is 0.800. The highest BCUT2D eigenvalue weighted by molar-refractivity contribution is 5.92. The van der Waals surface area contributed by atoms with Crippen LogP contribution in [0, 0.1) is 19.8 Å². The van der Waals surface area contributed by atoms with Gasteiger partial charge in [-0.2, -0.15) is 0 Å². The van der Waals surface area contributed by atoms with Crippen molar-refractivity contribution in [3.8, 4) is 0 Å². The number of aryl methyl sites for hydroxylation is 2. The molecule has 1 saturated heterocycles. The molecule has 2 N–H and O–H groups in total. The van der Waals surface area contributed by atoms with Gasteiger partial charge in [-0.1, -0.05) is 6.07 Å². The summed E-state index contributed by atoms with van der Waals surface area (Å²) in [5.41, 5.74) is 3.10. The quantitative estimate of drug-likeness (QED) is 0.821. The summed E-state index contributed by atoms with van der Waals surface area (Å²) < 4.78 is 5.23. The summed E-state index contributed by atoms with van der Waals surface area (Å²) >= 11 is 0. The normalized spacial score (nSPS) is 15.5. The highest BCUT2D eigenvalue weighted by Crippen LogP contribution is 2.18. The van der Waals surface area contributed by atoms with E-state index in [4.69, 9.17) is 4.42 Å². The molecule has 6 nitrogen and oxygen atoms in total. The van der Waals surface area contributed by atoms with Gasteiger partial charge in [0, 0.05) is 11.6 Å². The van der Waals surface area contributed by atoms with Gasteiger partial charge in [-0.15, -0.1) is 0 Å². The van der Waals surface area contributed by atoms with Crippen LogP contribution >= 0.6 is 0 Å². The van der Waals surface area contributed by atoms with Crippen molar-refractivity contribution in [3.05, 3.63) is 53.5 Å². The molecule has 2 heterocycles. The van der Waals surface area contributed by atoms with Crippen LogP contribution in [0.1, 0.15) is 29.7 Å². The maximum Gasteiger partial charge on any atom is 0.238 e. The van der Waals surface area contributed by atoms with Gasteiger partial charge in [0.25, 0.3) is 0 Å². The lowest BCUT2D eigenvalue weighted by atomic mass is 9.96. The third kappa shape index (κ3) is 5.69. The minimum atomic E-state index is -0.0132. The van der Waals surface area contributed by atoms with Gasteiger partial charge in [-0.25, -0.2) is 0 Å². The van der Waals surface area contributed by atoms with Gasteiger partial charge in [-0.3, -0.25) is 14.5 Å². The Morgan fingerprint density at radius 2 is 1.85 bits per heavy atom. The van der Waals surface area contributed by atoms with Crippen molar-refractivity contribution in [2.45, 2.75) is 33.2 Å². The fraction of sp³-hybridized carbons (Fsp3) is 0.429. The summed E-state index contributed by atoms with van der Waals surface area (Å²) in [7, 11) is 0. The number of furan rings is 1. The van der Waals surface area contributed by atoms with E-state index in [0.717, 1.165) is 48.5 Å². The Morgan fingerprint density at radius 1 is 1.15 bits per heavy atom. The number of anilines is 1. The zero-order valence-electron chi connectivity index (χ0n) is 16.0. The molecule has 2 aromatic rings. The molecule has 1 fully saturated rings. The smallest absolute Gasteiger partial charge is 0.238 e. The maximum absolute atomic E-state index is 12.3. The van der Waals surface area contributed by atoms with Gasteiger partial charge in [-0.05, 0) is 75.2 Å². The second-order valence-electron chi connectivity index (χ2n) is 7.27. The number of benzene rings is 1. The molecule has 0 saturated carbocycles. The number of piperidine rings is 1. The first kappa shape index (κ1) is 19.2. The fourth-order valence-corrected chi connectivity index (χ4v) is 3.54. The molecule has 0 radical (unpaired) electrons. The lowest BCUT2D eigenvalue weighted by Gasteiger charge is -2.30. The number of carbonyl (C=O) groups is 2. The van der Waals surface area contributed by atoms with Crippen molar-refractivity contribution in [2.75, 3.05) is 25.0 Å². The highest BCUT2D eigenvalue weighted by Gasteiger charge is 2.25. The number of nitrogens with zero attached hydrogens (tertiary/aromatic N) is 1. The lowest BCUT2D eigenvalue weighted by Crippen LogP contribution is -2.43. The van der Waals surface area contributed by atoms with E-state index in [-0.39, 0.29) is 17.7 Å². The molecule has 6 heteroatoms. The molecule has 1 aliphatic heterocycles. The van der Waals surface area contributed by atoms with Crippen LogP contribution in [0.4, 0.5) is 5.69 Å². The minimum Gasteiger partial charge on any atom is -0.467 e. The molecular formula is C21H27N3O3. The molecule has 144 valence electrons. The number of nitrogens with one attached hydrogen (secondary N) is 2. The van der Waals surface area contributed by atoms with Crippen molar-refractivity contribution < 1.29 is 14.0 Å². The summed E-state index contributed by atoms with van der Waals surface area (Å²) in [6.07, 6.45) is 3.13. The molecule has 3 rings (SSSR count). The van der Waals surface area contributed by atoms with E-state index in [9.17, 15) is 9.59 Å². The SMILES string of the molecule is Cc1cc(C)cc(NC(=O)CN2CCC(C(=O)NCc3ccco3)CC2)c1. The molecule has 0 spiro atoms. The lowest BCUT2D eigenvalue weighted by molar-refractivity contribution is -0.126. The van der Waals surface area contributed by atoms with E-state index < -0.39 is 0 Å². The summed E-state index contributed by atoms with van der Waals surface area (Å²) in [6.45, 7) is 6.31. The van der Waals surface area contributed by atoms with Crippen LogP contribution in [0.25, 0.3) is 0 Å². The zero-order chi connectivity index (χ0) is 19.2. The molecule has 27 heavy (non-hydrogen) atoms. The second-order valence-corrected chi connectivity index (χ2v) is 7.27. The van der Waals surface area contributed by atoms with Gasteiger partial charge in [0.1, 0.15) is 5.76 Å². The van der Waals surface area contributed by atoms with E-state index in [1.165, 1.54) is 0 Å². The van der Waals surface area contributed by atoms with Crippen molar-refractivity contribution in [1.82, 2.24) is 10.2 Å². The predicted octanol–water partition coefficient (Wildman–Crippen LogP) is 2.86. The first-order chi connectivity index (χ1) is 13.0.